The normalized spacial score (nSPS) is 12.6. The zero-order chi connectivity index (χ0) is 21.7. The number of carbonyl (C=O) groups is 2. The molecule has 4 aromatic carbocycles. The van der Waals surface area contributed by atoms with Gasteiger partial charge in [0.2, 0.25) is 10.9 Å². The predicted molar refractivity (Wildman–Crippen MR) is 108 cm³/mol. The van der Waals surface area contributed by atoms with Gasteiger partial charge in [0, 0.05) is 16.8 Å². The van der Waals surface area contributed by atoms with Crippen LogP contribution in [-0.4, -0.2) is 11.9 Å². The van der Waals surface area contributed by atoms with Crippen LogP contribution in [0.4, 0.5) is 0 Å². The number of hydrogen-bond acceptors (Lipinski definition) is 8. The second-order valence-corrected chi connectivity index (χ2v) is 6.76. The van der Waals surface area contributed by atoms with Gasteiger partial charge in [0.05, 0.1) is 11.1 Å². The lowest BCUT2D eigenvalue weighted by atomic mass is 10.1. The molecule has 0 unspecified atom stereocenters. The molecule has 150 valence electrons. The number of carbonyl (C=O) groups excluding carboxylic acids is 2. The highest BCUT2D eigenvalue weighted by Crippen LogP contribution is 2.31. The molecule has 5 rings (SSSR count). The molecular formula is C23H10O8. The van der Waals surface area contributed by atoms with E-state index in [-0.39, 0.29) is 27.6 Å². The first-order valence-electron chi connectivity index (χ1n) is 9.04. The average Bonchev–Trinajstić information content (AvgIpc) is 3.16. The fourth-order valence-electron chi connectivity index (χ4n) is 3.32. The van der Waals surface area contributed by atoms with Crippen molar-refractivity contribution in [2.75, 3.05) is 0 Å². The highest BCUT2D eigenvalue weighted by molar-refractivity contribution is 6.14. The number of benzene rings is 3. The van der Waals surface area contributed by atoms with Crippen molar-refractivity contribution in [2.45, 2.75) is 0 Å². The molecule has 0 aliphatic carbocycles. The molecular weight excluding hydrogens is 404 g/mol. The van der Waals surface area contributed by atoms with Gasteiger partial charge in [0.15, 0.2) is 0 Å². The van der Waals surface area contributed by atoms with Crippen LogP contribution in [0.3, 0.4) is 0 Å². The zero-order valence-corrected chi connectivity index (χ0v) is 15.5. The Kier molecular flexibility index (Phi) is 4.01. The van der Waals surface area contributed by atoms with Crippen molar-refractivity contribution < 1.29 is 23.8 Å². The van der Waals surface area contributed by atoms with Gasteiger partial charge in [-0.2, -0.15) is 0 Å². The summed E-state index contributed by atoms with van der Waals surface area (Å²) in [7, 11) is 0. The first-order chi connectivity index (χ1) is 14.9. The van der Waals surface area contributed by atoms with E-state index in [1.54, 1.807) is 24.3 Å². The molecule has 31 heavy (non-hydrogen) atoms. The van der Waals surface area contributed by atoms with Gasteiger partial charge in [0.25, 0.3) is 5.43 Å². The van der Waals surface area contributed by atoms with Gasteiger partial charge < -0.3 is 14.2 Å². The van der Waals surface area contributed by atoms with Crippen LogP contribution in [0.5, 0.6) is 23.0 Å². The lowest BCUT2D eigenvalue weighted by Crippen LogP contribution is -2.29. The van der Waals surface area contributed by atoms with E-state index < -0.39 is 28.2 Å². The van der Waals surface area contributed by atoms with Crippen LogP contribution in [-0.2, 0) is 4.74 Å². The fourth-order valence-corrected chi connectivity index (χ4v) is 3.32. The highest BCUT2D eigenvalue weighted by atomic mass is 16.6. The molecule has 0 atom stereocenters. The van der Waals surface area contributed by atoms with Gasteiger partial charge in [-0.3, -0.25) is 14.4 Å². The minimum absolute atomic E-state index is 0.0134. The molecule has 1 aliphatic rings. The van der Waals surface area contributed by atoms with Crippen LogP contribution in [0.2, 0.25) is 0 Å². The SMILES string of the molecule is O=C1OC(=O)c2cc(Oc3cccc(Oc4ccc5c(=O)c(=O)c(=O)c5c4)c3)ccc21. The lowest BCUT2D eigenvalue weighted by molar-refractivity contribution is 0.0443. The van der Waals surface area contributed by atoms with Gasteiger partial charge in [-0.15, -0.1) is 0 Å². The smallest absolute Gasteiger partial charge is 0.347 e. The highest BCUT2D eigenvalue weighted by Gasteiger charge is 2.29. The number of esters is 2. The van der Waals surface area contributed by atoms with E-state index in [0.29, 0.717) is 17.2 Å². The van der Waals surface area contributed by atoms with E-state index in [0.717, 1.165) is 0 Å². The van der Waals surface area contributed by atoms with E-state index in [9.17, 15) is 24.0 Å². The van der Waals surface area contributed by atoms with Gasteiger partial charge in [-0.1, -0.05) is 6.07 Å². The van der Waals surface area contributed by atoms with E-state index >= 15 is 0 Å². The predicted octanol–water partition coefficient (Wildman–Crippen LogP) is 2.69. The summed E-state index contributed by atoms with van der Waals surface area (Å²) in [5.41, 5.74) is -2.42. The molecule has 8 nitrogen and oxygen atoms in total. The summed E-state index contributed by atoms with van der Waals surface area (Å²) in [5.74, 6) is -0.0777. The van der Waals surface area contributed by atoms with Crippen molar-refractivity contribution in [3.63, 3.8) is 0 Å². The maximum atomic E-state index is 11.9. The number of ether oxygens (including phenoxy) is 3. The molecule has 1 heterocycles. The minimum Gasteiger partial charge on any atom is -0.457 e. The summed E-state index contributed by atoms with van der Waals surface area (Å²) in [6.07, 6.45) is 0. The molecule has 0 bridgehead atoms. The van der Waals surface area contributed by atoms with Crippen molar-refractivity contribution in [1.29, 1.82) is 0 Å². The summed E-state index contributed by atoms with van der Waals surface area (Å²) < 4.78 is 16.0. The number of hydrogen-bond donors (Lipinski definition) is 0. The zero-order valence-electron chi connectivity index (χ0n) is 15.5. The molecule has 1 aliphatic heterocycles. The van der Waals surface area contributed by atoms with Crippen LogP contribution in [0.25, 0.3) is 10.8 Å². The van der Waals surface area contributed by atoms with Gasteiger partial charge in [-0.05, 0) is 48.5 Å². The summed E-state index contributed by atoms with van der Waals surface area (Å²) in [6.45, 7) is 0. The summed E-state index contributed by atoms with van der Waals surface area (Å²) in [5, 5.41) is 0.0764. The molecule has 0 N–H and O–H groups in total. The molecule has 8 heteroatoms. The largest absolute Gasteiger partial charge is 0.457 e. The van der Waals surface area contributed by atoms with Crippen LogP contribution >= 0.6 is 0 Å². The Hall–Kier alpha value is -4.59. The third-order valence-electron chi connectivity index (χ3n) is 4.79. The Bertz CT molecular complexity index is 1560. The second kappa shape index (κ2) is 6.74. The third-order valence-corrected chi connectivity index (χ3v) is 4.79. The topological polar surface area (TPSA) is 113 Å². The van der Waals surface area contributed by atoms with E-state index in [1.165, 1.54) is 36.4 Å². The fraction of sp³-hybridized carbons (Fsp3) is 0. The Balaban J connectivity index is 1.41. The number of rotatable bonds is 4. The van der Waals surface area contributed by atoms with Gasteiger partial charge in [-0.25, -0.2) is 9.59 Å². The van der Waals surface area contributed by atoms with Crippen LogP contribution < -0.4 is 25.8 Å². The third kappa shape index (κ3) is 3.06. The van der Waals surface area contributed by atoms with Crippen LogP contribution in [0.15, 0.2) is 75.0 Å². The minimum atomic E-state index is -1.05. The Labute approximate surface area is 172 Å². The van der Waals surface area contributed by atoms with Gasteiger partial charge in [0.1, 0.15) is 23.0 Å². The van der Waals surface area contributed by atoms with Gasteiger partial charge >= 0.3 is 11.9 Å². The van der Waals surface area contributed by atoms with Crippen LogP contribution in [0, 0.1) is 0 Å². The quantitative estimate of drug-likeness (QED) is 0.285. The first kappa shape index (κ1) is 18.4. The molecule has 0 saturated carbocycles. The summed E-state index contributed by atoms with van der Waals surface area (Å²) in [4.78, 5) is 58.4. The van der Waals surface area contributed by atoms with E-state index in [1.807, 2.05) is 0 Å². The first-order valence-corrected chi connectivity index (χ1v) is 9.04. The molecule has 0 fully saturated rings. The number of cyclic esters (lactones) is 2. The molecule has 0 saturated heterocycles. The van der Waals surface area contributed by atoms with Crippen molar-refractivity contribution in [3.8, 4) is 23.0 Å². The Morgan fingerprint density at radius 2 is 1.10 bits per heavy atom. The molecule has 0 spiro atoms. The summed E-state index contributed by atoms with van der Waals surface area (Å²) in [6, 6.07) is 15.1. The van der Waals surface area contributed by atoms with Crippen LogP contribution in [0.1, 0.15) is 20.7 Å². The number of fused-ring (bicyclic) bond motifs is 2. The molecule has 0 radical (unpaired) electrons. The molecule has 4 aromatic rings. The second-order valence-electron chi connectivity index (χ2n) is 6.76. The van der Waals surface area contributed by atoms with E-state index in [2.05, 4.69) is 4.74 Å². The van der Waals surface area contributed by atoms with Crippen molar-refractivity contribution >= 4 is 22.7 Å². The molecule has 0 amide bonds. The van der Waals surface area contributed by atoms with Crippen molar-refractivity contribution in [2.24, 2.45) is 0 Å². The summed E-state index contributed by atoms with van der Waals surface area (Å²) >= 11 is 0. The maximum Gasteiger partial charge on any atom is 0.347 e. The lowest BCUT2D eigenvalue weighted by Gasteiger charge is -2.09. The standard InChI is InChI=1S/C23H10O8/c24-19-15-6-4-13(9-17(15)20(25)21(19)26)29-11-2-1-3-12(8-11)30-14-5-7-16-18(10-14)23(28)31-22(16)27/h1-10H. The monoisotopic (exact) mass is 414 g/mol. The maximum absolute atomic E-state index is 11.9. The van der Waals surface area contributed by atoms with Crippen molar-refractivity contribution in [1.82, 2.24) is 0 Å². The van der Waals surface area contributed by atoms with Crippen molar-refractivity contribution in [3.05, 3.63) is 102 Å². The Morgan fingerprint density at radius 1 is 0.516 bits per heavy atom. The average molecular weight is 414 g/mol. The van der Waals surface area contributed by atoms with E-state index in [4.69, 9.17) is 9.47 Å². The molecule has 0 aromatic heterocycles. The Morgan fingerprint density at radius 3 is 1.84 bits per heavy atom.